The first-order valence-corrected chi connectivity index (χ1v) is 11.6. The van der Waals surface area contributed by atoms with Crippen LogP contribution in [0.2, 0.25) is 0 Å². The van der Waals surface area contributed by atoms with Crippen LogP contribution in [0.3, 0.4) is 0 Å². The van der Waals surface area contributed by atoms with Crippen molar-refractivity contribution in [2.45, 2.75) is 24.0 Å². The molecule has 0 radical (unpaired) electrons. The van der Waals surface area contributed by atoms with Gasteiger partial charge in [-0.3, -0.25) is 9.59 Å². The number of ether oxygens (including phenoxy) is 2. The number of benzene rings is 3. The van der Waals surface area contributed by atoms with Crippen molar-refractivity contribution >= 4 is 40.9 Å². The van der Waals surface area contributed by atoms with Gasteiger partial charge in [0.05, 0.1) is 17.4 Å². The molecule has 0 bridgehead atoms. The zero-order chi connectivity index (χ0) is 24.3. The Hall–Kier alpha value is -3.78. The van der Waals surface area contributed by atoms with Crippen LogP contribution in [-0.2, 0) is 14.3 Å². The van der Waals surface area contributed by atoms with E-state index in [0.717, 1.165) is 4.90 Å². The molecule has 176 valence electrons. The van der Waals surface area contributed by atoms with E-state index in [9.17, 15) is 14.4 Å². The molecule has 0 heterocycles. The van der Waals surface area contributed by atoms with Gasteiger partial charge in [-0.1, -0.05) is 18.2 Å². The number of thioether (sulfide) groups is 1. The highest BCUT2D eigenvalue weighted by molar-refractivity contribution is 8.00. The molecule has 7 nitrogen and oxygen atoms in total. The average Bonchev–Trinajstić information content (AvgIpc) is 2.85. The van der Waals surface area contributed by atoms with Crippen LogP contribution in [0.5, 0.6) is 5.75 Å². The third-order valence-electron chi connectivity index (χ3n) is 4.60. The fourth-order valence-electron chi connectivity index (χ4n) is 2.89. The zero-order valence-electron chi connectivity index (χ0n) is 18.9. The molecule has 1 atom stereocenters. The first-order chi connectivity index (χ1) is 16.4. The lowest BCUT2D eigenvalue weighted by Crippen LogP contribution is -2.22. The van der Waals surface area contributed by atoms with E-state index in [4.69, 9.17) is 9.47 Å². The Bertz CT molecular complexity index is 1100. The van der Waals surface area contributed by atoms with Gasteiger partial charge in [0, 0.05) is 16.3 Å². The van der Waals surface area contributed by atoms with E-state index in [0.29, 0.717) is 29.3 Å². The lowest BCUT2D eigenvalue weighted by Gasteiger charge is -2.13. The molecule has 0 aliphatic rings. The highest BCUT2D eigenvalue weighted by Gasteiger charge is 2.15. The smallest absolute Gasteiger partial charge is 0.338 e. The number of hydrogen-bond donors (Lipinski definition) is 2. The first kappa shape index (κ1) is 24.9. The van der Waals surface area contributed by atoms with E-state index >= 15 is 0 Å². The normalized spacial score (nSPS) is 11.2. The number of nitrogens with one attached hydrogen (secondary N) is 2. The summed E-state index contributed by atoms with van der Waals surface area (Å²) in [5, 5.41) is 5.27. The van der Waals surface area contributed by atoms with Crippen molar-refractivity contribution in [3.05, 3.63) is 84.4 Å². The maximum Gasteiger partial charge on any atom is 0.338 e. The maximum absolute atomic E-state index is 12.5. The van der Waals surface area contributed by atoms with Crippen LogP contribution in [0, 0.1) is 0 Å². The fraction of sp³-hybridized carbons (Fsp3) is 0.192. The number of para-hydroxylation sites is 1. The Morgan fingerprint density at radius 3 is 2.12 bits per heavy atom. The summed E-state index contributed by atoms with van der Waals surface area (Å²) in [6, 6.07) is 22.9. The second kappa shape index (κ2) is 12.5. The van der Waals surface area contributed by atoms with Crippen LogP contribution in [0.1, 0.15) is 24.2 Å². The van der Waals surface area contributed by atoms with Crippen molar-refractivity contribution < 1.29 is 23.9 Å². The molecule has 2 amide bonds. The van der Waals surface area contributed by atoms with Crippen molar-refractivity contribution in [3.63, 3.8) is 0 Å². The van der Waals surface area contributed by atoms with Gasteiger partial charge >= 0.3 is 5.97 Å². The SMILES string of the molecule is CCOC(=O)c1ccc(NC(=O)C(C)Sc2ccc(NC(=O)COc3ccccc3)cc2)cc1. The van der Waals surface area contributed by atoms with E-state index in [1.807, 2.05) is 37.3 Å². The summed E-state index contributed by atoms with van der Waals surface area (Å²) < 4.78 is 10.4. The molecule has 0 aliphatic heterocycles. The maximum atomic E-state index is 12.5. The largest absolute Gasteiger partial charge is 0.484 e. The minimum atomic E-state index is -0.396. The van der Waals surface area contributed by atoms with Crippen LogP contribution in [0.15, 0.2) is 83.8 Å². The number of anilines is 2. The van der Waals surface area contributed by atoms with Gasteiger partial charge in [0.15, 0.2) is 6.61 Å². The van der Waals surface area contributed by atoms with Gasteiger partial charge in [-0.25, -0.2) is 4.79 Å². The van der Waals surface area contributed by atoms with Crippen LogP contribution < -0.4 is 15.4 Å². The highest BCUT2D eigenvalue weighted by Crippen LogP contribution is 2.26. The molecule has 0 aromatic heterocycles. The van der Waals surface area contributed by atoms with Gasteiger partial charge in [-0.05, 0) is 74.5 Å². The standard InChI is InChI=1S/C26H26N2O5S/c1-3-32-26(31)19-9-11-21(12-10-19)28-25(30)18(2)34-23-15-13-20(14-16-23)27-24(29)17-33-22-7-5-4-6-8-22/h4-16,18H,3,17H2,1-2H3,(H,27,29)(H,28,30). The highest BCUT2D eigenvalue weighted by atomic mass is 32.2. The van der Waals surface area contributed by atoms with Crippen LogP contribution in [-0.4, -0.2) is 36.2 Å². The molecule has 3 aromatic rings. The molecule has 3 rings (SSSR count). The second-order valence-corrected chi connectivity index (χ2v) is 8.64. The molecule has 2 N–H and O–H groups in total. The Kier molecular flexibility index (Phi) is 9.11. The van der Waals surface area contributed by atoms with Crippen molar-refractivity contribution in [2.75, 3.05) is 23.8 Å². The van der Waals surface area contributed by atoms with Gasteiger partial charge in [0.1, 0.15) is 5.75 Å². The van der Waals surface area contributed by atoms with E-state index in [1.165, 1.54) is 11.8 Å². The lowest BCUT2D eigenvalue weighted by atomic mass is 10.2. The number of carbonyl (C=O) groups is 3. The molecular weight excluding hydrogens is 452 g/mol. The third kappa shape index (κ3) is 7.67. The monoisotopic (exact) mass is 478 g/mol. The minimum Gasteiger partial charge on any atom is -0.484 e. The summed E-state index contributed by atoms with van der Waals surface area (Å²) >= 11 is 1.40. The van der Waals surface area contributed by atoms with Crippen molar-refractivity contribution in [1.29, 1.82) is 0 Å². The second-order valence-electron chi connectivity index (χ2n) is 7.22. The minimum absolute atomic E-state index is 0.0848. The van der Waals surface area contributed by atoms with E-state index in [2.05, 4.69) is 10.6 Å². The van der Waals surface area contributed by atoms with Crippen LogP contribution in [0.25, 0.3) is 0 Å². The molecule has 3 aromatic carbocycles. The van der Waals surface area contributed by atoms with Crippen LogP contribution >= 0.6 is 11.8 Å². The number of hydrogen-bond acceptors (Lipinski definition) is 6. The van der Waals surface area contributed by atoms with Gasteiger partial charge in [0.25, 0.3) is 5.91 Å². The Balaban J connectivity index is 1.46. The van der Waals surface area contributed by atoms with E-state index in [-0.39, 0.29) is 23.7 Å². The summed E-state index contributed by atoms with van der Waals surface area (Å²) in [5.74, 6) is -0.186. The molecule has 8 heteroatoms. The Morgan fingerprint density at radius 2 is 1.47 bits per heavy atom. The van der Waals surface area contributed by atoms with Gasteiger partial charge < -0.3 is 20.1 Å². The third-order valence-corrected chi connectivity index (χ3v) is 5.71. The molecule has 0 spiro atoms. The number of carbonyl (C=O) groups excluding carboxylic acids is 3. The molecule has 34 heavy (non-hydrogen) atoms. The van der Waals surface area contributed by atoms with E-state index in [1.54, 1.807) is 55.5 Å². The first-order valence-electron chi connectivity index (χ1n) is 10.8. The molecular formula is C26H26N2O5S. The lowest BCUT2D eigenvalue weighted by molar-refractivity contribution is -0.118. The quantitative estimate of drug-likeness (QED) is 0.315. The van der Waals surface area contributed by atoms with Crippen molar-refractivity contribution in [1.82, 2.24) is 0 Å². The van der Waals surface area contributed by atoms with Gasteiger partial charge in [-0.2, -0.15) is 0 Å². The Morgan fingerprint density at radius 1 is 0.853 bits per heavy atom. The topological polar surface area (TPSA) is 93.7 Å². The summed E-state index contributed by atoms with van der Waals surface area (Å²) in [6.45, 7) is 3.78. The molecule has 1 unspecified atom stereocenters. The summed E-state index contributed by atoms with van der Waals surface area (Å²) in [4.78, 5) is 37.2. The van der Waals surface area contributed by atoms with E-state index < -0.39 is 5.97 Å². The predicted octanol–water partition coefficient (Wildman–Crippen LogP) is 5.00. The van der Waals surface area contributed by atoms with Gasteiger partial charge in [0.2, 0.25) is 5.91 Å². The number of rotatable bonds is 10. The molecule has 0 saturated heterocycles. The number of amides is 2. The van der Waals surface area contributed by atoms with Crippen molar-refractivity contribution in [3.8, 4) is 5.75 Å². The molecule has 0 fully saturated rings. The predicted molar refractivity (Wildman–Crippen MR) is 133 cm³/mol. The van der Waals surface area contributed by atoms with Crippen LogP contribution in [0.4, 0.5) is 11.4 Å². The summed E-state index contributed by atoms with van der Waals surface area (Å²) in [7, 11) is 0. The van der Waals surface area contributed by atoms with Crippen molar-refractivity contribution in [2.24, 2.45) is 0 Å². The fourth-order valence-corrected chi connectivity index (χ4v) is 3.75. The Labute approximate surface area is 202 Å². The summed E-state index contributed by atoms with van der Waals surface area (Å²) in [5.41, 5.74) is 1.67. The van der Waals surface area contributed by atoms with Gasteiger partial charge in [-0.15, -0.1) is 11.8 Å². The number of esters is 1. The summed E-state index contributed by atoms with van der Waals surface area (Å²) in [6.07, 6.45) is 0. The zero-order valence-corrected chi connectivity index (χ0v) is 19.8. The molecule has 0 saturated carbocycles. The average molecular weight is 479 g/mol. The molecule has 0 aliphatic carbocycles.